The summed E-state index contributed by atoms with van der Waals surface area (Å²) < 4.78 is 6.45. The van der Waals surface area contributed by atoms with Crippen LogP contribution in [0.15, 0.2) is 30.5 Å². The summed E-state index contributed by atoms with van der Waals surface area (Å²) in [6.07, 6.45) is 1.25. The predicted octanol–water partition coefficient (Wildman–Crippen LogP) is 2.23. The molecule has 6 heteroatoms. The van der Waals surface area contributed by atoms with Gasteiger partial charge in [-0.2, -0.15) is 5.10 Å². The molecule has 0 unspecified atom stereocenters. The van der Waals surface area contributed by atoms with Crippen molar-refractivity contribution >= 4 is 17.6 Å². The highest BCUT2D eigenvalue weighted by atomic mass is 35.5. The van der Waals surface area contributed by atoms with E-state index in [1.807, 2.05) is 0 Å². The van der Waals surface area contributed by atoms with Gasteiger partial charge in [0.05, 0.1) is 19.0 Å². The molecule has 2 rings (SSSR count). The number of nitrogens with zero attached hydrogens (tertiary/aromatic N) is 2. The Labute approximate surface area is 102 Å². The molecule has 0 atom stereocenters. The first-order chi connectivity index (χ1) is 8.13. The van der Waals surface area contributed by atoms with E-state index in [1.165, 1.54) is 18.0 Å². The number of carbonyl (C=O) groups is 1. The number of ether oxygens (including phenoxy) is 1. The number of benzene rings is 1. The van der Waals surface area contributed by atoms with Gasteiger partial charge >= 0.3 is 5.97 Å². The molecule has 2 aromatic rings. The topological polar surface area (TPSA) is 64.3 Å². The summed E-state index contributed by atoms with van der Waals surface area (Å²) in [5.41, 5.74) is 0.696. The van der Waals surface area contributed by atoms with Crippen molar-refractivity contribution in [2.45, 2.75) is 0 Å². The fourth-order valence-electron chi connectivity index (χ4n) is 1.45. The number of aromatic carboxylic acids is 1. The summed E-state index contributed by atoms with van der Waals surface area (Å²) >= 11 is 5.77. The van der Waals surface area contributed by atoms with Gasteiger partial charge in [-0.1, -0.05) is 11.6 Å². The third-order valence-electron chi connectivity index (χ3n) is 2.22. The Hall–Kier alpha value is -2.01. The van der Waals surface area contributed by atoms with Crippen LogP contribution in [0.25, 0.3) is 5.69 Å². The summed E-state index contributed by atoms with van der Waals surface area (Å²) in [7, 11) is 1.40. The fourth-order valence-corrected chi connectivity index (χ4v) is 1.57. The Kier molecular flexibility index (Phi) is 3.01. The minimum absolute atomic E-state index is 0.0162. The highest BCUT2D eigenvalue weighted by molar-refractivity contribution is 6.30. The van der Waals surface area contributed by atoms with Crippen LogP contribution in [0.4, 0.5) is 0 Å². The van der Waals surface area contributed by atoms with Crippen LogP contribution in [0.3, 0.4) is 0 Å². The molecule has 0 aliphatic rings. The lowest BCUT2D eigenvalue weighted by molar-refractivity contribution is 0.0693. The quantitative estimate of drug-likeness (QED) is 0.910. The molecule has 88 valence electrons. The van der Waals surface area contributed by atoms with Crippen LogP contribution in [0.1, 0.15) is 10.4 Å². The molecule has 0 spiro atoms. The number of carboxylic acids is 1. The van der Waals surface area contributed by atoms with E-state index < -0.39 is 5.97 Å². The second-order valence-electron chi connectivity index (χ2n) is 3.26. The van der Waals surface area contributed by atoms with Crippen LogP contribution in [-0.2, 0) is 0 Å². The third-order valence-corrected chi connectivity index (χ3v) is 2.47. The van der Waals surface area contributed by atoms with Crippen molar-refractivity contribution in [2.75, 3.05) is 7.11 Å². The maximum atomic E-state index is 10.9. The fraction of sp³-hybridized carbons (Fsp3) is 0.0909. The summed E-state index contributed by atoms with van der Waals surface area (Å²) in [4.78, 5) is 10.9. The van der Waals surface area contributed by atoms with E-state index in [2.05, 4.69) is 5.10 Å². The lowest BCUT2D eigenvalue weighted by Gasteiger charge is -2.06. The average Bonchev–Trinajstić information content (AvgIpc) is 2.73. The van der Waals surface area contributed by atoms with Crippen molar-refractivity contribution in [2.24, 2.45) is 0 Å². The molecule has 0 saturated carbocycles. The largest absolute Gasteiger partial charge is 0.480 e. The first-order valence-corrected chi connectivity index (χ1v) is 5.12. The maximum Gasteiger partial charge on any atom is 0.342 e. The van der Waals surface area contributed by atoms with E-state index >= 15 is 0 Å². The Bertz CT molecular complexity index is 548. The lowest BCUT2D eigenvalue weighted by atomic mass is 10.3. The Balaban J connectivity index is 2.52. The number of rotatable bonds is 3. The van der Waals surface area contributed by atoms with E-state index in [9.17, 15) is 4.79 Å². The second-order valence-corrected chi connectivity index (χ2v) is 3.70. The molecular formula is C11H9ClN2O3. The third kappa shape index (κ3) is 2.09. The minimum Gasteiger partial charge on any atom is -0.480 e. The van der Waals surface area contributed by atoms with Crippen molar-refractivity contribution in [3.63, 3.8) is 0 Å². The number of hydrogen-bond acceptors (Lipinski definition) is 3. The van der Waals surface area contributed by atoms with Crippen LogP contribution in [0, 0.1) is 0 Å². The van der Waals surface area contributed by atoms with Crippen molar-refractivity contribution in [3.05, 3.63) is 41.0 Å². The molecule has 0 radical (unpaired) electrons. The van der Waals surface area contributed by atoms with Gasteiger partial charge in [0.1, 0.15) is 5.56 Å². The zero-order valence-electron chi connectivity index (χ0n) is 8.92. The van der Waals surface area contributed by atoms with Crippen molar-refractivity contribution in [1.82, 2.24) is 9.78 Å². The highest BCUT2D eigenvalue weighted by Gasteiger charge is 2.18. The SMILES string of the molecule is COc1c(C(=O)O)cnn1-c1ccc(Cl)cc1. The molecule has 0 aliphatic heterocycles. The molecule has 1 aromatic carbocycles. The second kappa shape index (κ2) is 4.47. The standard InChI is InChI=1S/C11H9ClN2O3/c1-17-10-9(11(15)16)6-13-14(10)8-4-2-7(12)3-5-8/h2-6H,1H3,(H,15,16). The van der Waals surface area contributed by atoms with Gasteiger partial charge < -0.3 is 9.84 Å². The Morgan fingerprint density at radius 3 is 2.59 bits per heavy atom. The van der Waals surface area contributed by atoms with Crippen LogP contribution in [-0.4, -0.2) is 28.0 Å². The number of methoxy groups -OCH3 is 1. The number of aromatic nitrogens is 2. The molecular weight excluding hydrogens is 244 g/mol. The van der Waals surface area contributed by atoms with E-state index in [0.29, 0.717) is 10.7 Å². The Morgan fingerprint density at radius 1 is 1.41 bits per heavy atom. The summed E-state index contributed by atoms with van der Waals surface area (Å²) in [5.74, 6) is -0.901. The number of carboxylic acid groups (broad SMARTS) is 1. The molecule has 1 N–H and O–H groups in total. The molecule has 0 amide bonds. The van der Waals surface area contributed by atoms with E-state index in [4.69, 9.17) is 21.4 Å². The zero-order valence-corrected chi connectivity index (χ0v) is 9.68. The summed E-state index contributed by atoms with van der Waals surface area (Å²) in [5, 5.41) is 13.5. The summed E-state index contributed by atoms with van der Waals surface area (Å²) in [6, 6.07) is 6.84. The average molecular weight is 253 g/mol. The molecule has 0 saturated heterocycles. The van der Waals surface area contributed by atoms with Gasteiger partial charge in [0.25, 0.3) is 0 Å². The van der Waals surface area contributed by atoms with E-state index in [0.717, 1.165) is 0 Å². The summed E-state index contributed by atoms with van der Waals surface area (Å²) in [6.45, 7) is 0. The molecule has 5 nitrogen and oxygen atoms in total. The van der Waals surface area contributed by atoms with Crippen LogP contribution < -0.4 is 4.74 Å². The number of hydrogen-bond donors (Lipinski definition) is 1. The van der Waals surface area contributed by atoms with E-state index in [1.54, 1.807) is 24.3 Å². The van der Waals surface area contributed by atoms with Crippen molar-refractivity contribution in [1.29, 1.82) is 0 Å². The zero-order chi connectivity index (χ0) is 12.4. The van der Waals surface area contributed by atoms with Gasteiger partial charge in [-0.3, -0.25) is 0 Å². The van der Waals surface area contributed by atoms with Gasteiger partial charge in [-0.15, -0.1) is 0 Å². The monoisotopic (exact) mass is 252 g/mol. The highest BCUT2D eigenvalue weighted by Crippen LogP contribution is 2.23. The van der Waals surface area contributed by atoms with Gasteiger partial charge in [-0.05, 0) is 24.3 Å². The molecule has 1 heterocycles. The van der Waals surface area contributed by atoms with Gasteiger partial charge in [0.15, 0.2) is 0 Å². The number of halogens is 1. The molecule has 0 fully saturated rings. The van der Waals surface area contributed by atoms with Crippen LogP contribution >= 0.6 is 11.6 Å². The van der Waals surface area contributed by atoms with Crippen LogP contribution in [0.2, 0.25) is 5.02 Å². The first-order valence-electron chi connectivity index (χ1n) is 4.74. The molecule has 0 aliphatic carbocycles. The minimum atomic E-state index is -1.08. The molecule has 0 bridgehead atoms. The first kappa shape index (κ1) is 11.5. The molecule has 1 aromatic heterocycles. The van der Waals surface area contributed by atoms with Crippen molar-refractivity contribution < 1.29 is 14.6 Å². The molecule has 17 heavy (non-hydrogen) atoms. The van der Waals surface area contributed by atoms with Gasteiger partial charge in [0, 0.05) is 5.02 Å². The maximum absolute atomic E-state index is 10.9. The smallest absolute Gasteiger partial charge is 0.342 e. The van der Waals surface area contributed by atoms with E-state index in [-0.39, 0.29) is 11.4 Å². The van der Waals surface area contributed by atoms with Gasteiger partial charge in [-0.25, -0.2) is 9.48 Å². The van der Waals surface area contributed by atoms with Crippen molar-refractivity contribution in [3.8, 4) is 11.6 Å². The normalized spacial score (nSPS) is 10.2. The van der Waals surface area contributed by atoms with Crippen LogP contribution in [0.5, 0.6) is 5.88 Å². The van der Waals surface area contributed by atoms with Gasteiger partial charge in [0.2, 0.25) is 5.88 Å². The lowest BCUT2D eigenvalue weighted by Crippen LogP contribution is -2.03. The Morgan fingerprint density at radius 2 is 2.06 bits per heavy atom. The predicted molar refractivity (Wildman–Crippen MR) is 62.1 cm³/mol.